The van der Waals surface area contributed by atoms with Crippen molar-refractivity contribution >= 4 is 29.5 Å². The summed E-state index contributed by atoms with van der Waals surface area (Å²) in [5, 5.41) is 10.9. The van der Waals surface area contributed by atoms with Gasteiger partial charge < -0.3 is 19.5 Å². The van der Waals surface area contributed by atoms with Crippen LogP contribution in [0.4, 0.5) is 9.59 Å². The molecule has 9 heteroatoms. The van der Waals surface area contributed by atoms with Crippen LogP contribution in [0.15, 0.2) is 60.0 Å². The number of carbonyl (C=O) groups is 3. The number of nitrogens with zero attached hydrogens (tertiary/aromatic N) is 2. The van der Waals surface area contributed by atoms with Gasteiger partial charge in [-0.2, -0.15) is 0 Å². The number of hydrogen-bond donors (Lipinski definition) is 1. The maximum atomic E-state index is 13.6. The van der Waals surface area contributed by atoms with Gasteiger partial charge >= 0.3 is 18.2 Å². The van der Waals surface area contributed by atoms with E-state index in [2.05, 4.69) is 24.3 Å². The van der Waals surface area contributed by atoms with Crippen LogP contribution in [-0.2, 0) is 16.0 Å². The van der Waals surface area contributed by atoms with E-state index in [9.17, 15) is 19.5 Å². The molecule has 1 fully saturated rings. The zero-order chi connectivity index (χ0) is 27.7. The molecule has 1 saturated heterocycles. The number of rotatable bonds is 6. The van der Waals surface area contributed by atoms with Crippen LogP contribution in [0.3, 0.4) is 0 Å². The first-order valence-corrected chi connectivity index (χ1v) is 13.9. The minimum absolute atomic E-state index is 0.0783. The molecule has 39 heavy (non-hydrogen) atoms. The third-order valence-corrected chi connectivity index (χ3v) is 7.97. The van der Waals surface area contributed by atoms with Gasteiger partial charge in [-0.1, -0.05) is 48.5 Å². The second kappa shape index (κ2) is 10.7. The van der Waals surface area contributed by atoms with Gasteiger partial charge in [-0.15, -0.1) is 11.3 Å². The van der Waals surface area contributed by atoms with Crippen LogP contribution in [0.1, 0.15) is 59.5 Å². The number of amides is 2. The molecule has 1 N–H and O–H groups in total. The highest BCUT2D eigenvalue weighted by molar-refractivity contribution is 7.10. The Labute approximate surface area is 231 Å². The zero-order valence-corrected chi connectivity index (χ0v) is 23.1. The van der Waals surface area contributed by atoms with Crippen LogP contribution in [0.25, 0.3) is 11.1 Å². The molecule has 1 aromatic heterocycles. The Kier molecular flexibility index (Phi) is 7.36. The van der Waals surface area contributed by atoms with Crippen LogP contribution in [-0.4, -0.2) is 64.4 Å². The van der Waals surface area contributed by atoms with Gasteiger partial charge in [-0.3, -0.25) is 4.90 Å². The van der Waals surface area contributed by atoms with Crippen molar-refractivity contribution < 1.29 is 29.0 Å². The van der Waals surface area contributed by atoms with Crippen LogP contribution in [0.5, 0.6) is 0 Å². The Hall–Kier alpha value is -3.85. The van der Waals surface area contributed by atoms with E-state index in [4.69, 9.17) is 9.47 Å². The van der Waals surface area contributed by atoms with E-state index < -0.39 is 23.8 Å². The Morgan fingerprint density at radius 2 is 1.69 bits per heavy atom. The van der Waals surface area contributed by atoms with Gasteiger partial charge in [0.1, 0.15) is 12.2 Å². The fourth-order valence-electron chi connectivity index (χ4n) is 5.25. The van der Waals surface area contributed by atoms with Gasteiger partial charge in [-0.05, 0) is 55.5 Å². The van der Waals surface area contributed by atoms with E-state index >= 15 is 0 Å². The molecule has 5 rings (SSSR count). The van der Waals surface area contributed by atoms with Crippen molar-refractivity contribution in [2.24, 2.45) is 0 Å². The summed E-state index contributed by atoms with van der Waals surface area (Å²) in [6.45, 7) is 6.60. The third-order valence-electron chi connectivity index (χ3n) is 7.05. The minimum Gasteiger partial charge on any atom is -0.478 e. The Balaban J connectivity index is 1.34. The number of ether oxygens (including phenoxy) is 2. The molecule has 204 valence electrons. The summed E-state index contributed by atoms with van der Waals surface area (Å²) in [5.41, 5.74) is 4.11. The summed E-state index contributed by atoms with van der Waals surface area (Å²) in [6, 6.07) is 17.6. The molecule has 0 spiro atoms. The van der Waals surface area contributed by atoms with E-state index in [0.717, 1.165) is 27.1 Å². The van der Waals surface area contributed by atoms with Gasteiger partial charge in [0.2, 0.25) is 0 Å². The fourth-order valence-corrected chi connectivity index (χ4v) is 6.11. The number of carboxylic acids is 1. The Bertz CT molecular complexity index is 1350. The van der Waals surface area contributed by atoms with Gasteiger partial charge in [0.05, 0.1) is 18.2 Å². The molecule has 1 aliphatic heterocycles. The second-order valence-electron chi connectivity index (χ2n) is 10.9. The summed E-state index contributed by atoms with van der Waals surface area (Å²) in [5.74, 6) is -1.09. The zero-order valence-electron chi connectivity index (χ0n) is 22.3. The summed E-state index contributed by atoms with van der Waals surface area (Å²) in [6.07, 6.45) is -0.333. The number of thiophene rings is 1. The molecular formula is C30H32N2O6S. The predicted octanol–water partition coefficient (Wildman–Crippen LogP) is 6.21. The molecule has 2 amide bonds. The predicted molar refractivity (Wildman–Crippen MR) is 148 cm³/mol. The van der Waals surface area contributed by atoms with Crippen LogP contribution >= 0.6 is 11.3 Å². The first-order valence-electron chi connectivity index (χ1n) is 13.0. The van der Waals surface area contributed by atoms with Crippen molar-refractivity contribution in [3.8, 4) is 11.1 Å². The van der Waals surface area contributed by atoms with Crippen molar-refractivity contribution in [3.05, 3.63) is 81.5 Å². The van der Waals surface area contributed by atoms with E-state index in [-0.39, 0.29) is 30.7 Å². The number of carboxylic acid groups (broad SMARTS) is 1. The molecular weight excluding hydrogens is 516 g/mol. The second-order valence-corrected chi connectivity index (χ2v) is 11.9. The monoisotopic (exact) mass is 548 g/mol. The molecule has 2 aromatic carbocycles. The summed E-state index contributed by atoms with van der Waals surface area (Å²) in [7, 11) is 0. The molecule has 3 aromatic rings. The fraction of sp³-hybridized carbons (Fsp3) is 0.367. The maximum Gasteiger partial charge on any atom is 0.410 e. The standard InChI is InChI=1S/C30H32N2O6S/c1-30(2,3)38-28(35)31-13-12-20(15-31)32(16-21-14-19(18-39-21)27(33)34)29(36)37-17-26-24-10-6-4-8-22(24)23-9-5-7-11-25(23)26/h4-11,14,18,20,26H,12-13,15-17H2,1-3H3,(H,33,34). The minimum atomic E-state index is -1.01. The van der Waals surface area contributed by atoms with Crippen LogP contribution in [0, 0.1) is 0 Å². The average Bonchev–Trinajstić information content (AvgIpc) is 3.63. The molecule has 0 radical (unpaired) electrons. The molecule has 2 aliphatic rings. The number of likely N-dealkylation sites (tertiary alicyclic amines) is 1. The van der Waals surface area contributed by atoms with E-state index in [0.29, 0.717) is 19.5 Å². The molecule has 1 atom stereocenters. The van der Waals surface area contributed by atoms with Crippen molar-refractivity contribution in [3.63, 3.8) is 0 Å². The molecule has 1 aliphatic carbocycles. The van der Waals surface area contributed by atoms with Crippen molar-refractivity contribution in [1.82, 2.24) is 9.80 Å². The van der Waals surface area contributed by atoms with E-state index in [1.165, 1.54) is 11.3 Å². The third kappa shape index (κ3) is 5.78. The lowest BCUT2D eigenvalue weighted by Crippen LogP contribution is -2.43. The van der Waals surface area contributed by atoms with Gasteiger partial charge in [0.25, 0.3) is 0 Å². The summed E-state index contributed by atoms with van der Waals surface area (Å²) >= 11 is 1.29. The molecule has 0 saturated carbocycles. The summed E-state index contributed by atoms with van der Waals surface area (Å²) in [4.78, 5) is 41.7. The molecule has 8 nitrogen and oxygen atoms in total. The number of carbonyl (C=O) groups excluding carboxylic acids is 2. The molecule has 1 unspecified atom stereocenters. The number of benzene rings is 2. The Morgan fingerprint density at radius 1 is 1.05 bits per heavy atom. The first-order chi connectivity index (χ1) is 18.6. The molecule has 0 bridgehead atoms. The summed E-state index contributed by atoms with van der Waals surface area (Å²) < 4.78 is 11.5. The first kappa shape index (κ1) is 26.7. The van der Waals surface area contributed by atoms with E-state index in [1.807, 2.05) is 45.0 Å². The van der Waals surface area contributed by atoms with Crippen LogP contribution < -0.4 is 0 Å². The number of hydrogen-bond acceptors (Lipinski definition) is 6. The van der Waals surface area contributed by atoms with Crippen LogP contribution in [0.2, 0.25) is 0 Å². The number of aromatic carboxylic acids is 1. The van der Waals surface area contributed by atoms with Gasteiger partial charge in [-0.25, -0.2) is 14.4 Å². The highest BCUT2D eigenvalue weighted by atomic mass is 32.1. The van der Waals surface area contributed by atoms with Crippen molar-refractivity contribution in [2.45, 2.75) is 51.3 Å². The SMILES string of the molecule is CC(C)(C)OC(=O)N1CCC(N(Cc2cc(C(=O)O)cs2)C(=O)OCC2c3ccccc3-c3ccccc32)C1. The smallest absolute Gasteiger partial charge is 0.410 e. The van der Waals surface area contributed by atoms with Crippen molar-refractivity contribution in [1.29, 1.82) is 0 Å². The number of fused-ring (bicyclic) bond motifs is 3. The van der Waals surface area contributed by atoms with Gasteiger partial charge in [0, 0.05) is 29.3 Å². The largest absolute Gasteiger partial charge is 0.478 e. The van der Waals surface area contributed by atoms with Crippen molar-refractivity contribution in [2.75, 3.05) is 19.7 Å². The lowest BCUT2D eigenvalue weighted by molar-refractivity contribution is 0.0272. The lowest BCUT2D eigenvalue weighted by atomic mass is 9.98. The average molecular weight is 549 g/mol. The van der Waals surface area contributed by atoms with Gasteiger partial charge in [0.15, 0.2) is 0 Å². The maximum absolute atomic E-state index is 13.6. The lowest BCUT2D eigenvalue weighted by Gasteiger charge is -2.29. The Morgan fingerprint density at radius 3 is 2.28 bits per heavy atom. The highest BCUT2D eigenvalue weighted by Crippen LogP contribution is 2.44. The highest BCUT2D eigenvalue weighted by Gasteiger charge is 2.37. The van der Waals surface area contributed by atoms with E-state index in [1.54, 1.807) is 21.2 Å². The normalized spacial score (nSPS) is 16.5. The molecule has 2 heterocycles. The quantitative estimate of drug-likeness (QED) is 0.394. The topological polar surface area (TPSA) is 96.4 Å².